The van der Waals surface area contributed by atoms with Gasteiger partial charge in [0.15, 0.2) is 0 Å². The Balaban J connectivity index is 2.21. The lowest BCUT2D eigenvalue weighted by Gasteiger charge is -2.12. The number of hydrogen-bond donors (Lipinski definition) is 1. The second-order valence-electron chi connectivity index (χ2n) is 4.10. The van der Waals surface area contributed by atoms with Crippen molar-refractivity contribution in [3.8, 4) is 0 Å². The van der Waals surface area contributed by atoms with Crippen LogP contribution in [0.5, 0.6) is 0 Å². The summed E-state index contributed by atoms with van der Waals surface area (Å²) in [5, 5.41) is 13.6. The fourth-order valence-electron chi connectivity index (χ4n) is 2.12. The molecule has 0 aliphatic carbocycles. The summed E-state index contributed by atoms with van der Waals surface area (Å²) in [5.41, 5.74) is 0.745. The van der Waals surface area contributed by atoms with Gasteiger partial charge >= 0.3 is 0 Å². The summed E-state index contributed by atoms with van der Waals surface area (Å²) in [5.74, 6) is -0.257. The highest BCUT2D eigenvalue weighted by atomic mass is 32.1. The minimum atomic E-state index is -0.699. The third-order valence-corrected chi connectivity index (χ3v) is 3.94. The van der Waals surface area contributed by atoms with Crippen molar-refractivity contribution < 1.29 is 9.50 Å². The maximum Gasteiger partial charge on any atom is 0.131 e. The van der Waals surface area contributed by atoms with Gasteiger partial charge in [-0.15, -0.1) is 11.3 Å². The van der Waals surface area contributed by atoms with E-state index < -0.39 is 6.10 Å². The average molecular weight is 258 g/mol. The Labute approximate surface area is 108 Å². The van der Waals surface area contributed by atoms with E-state index in [-0.39, 0.29) is 5.82 Å². The van der Waals surface area contributed by atoms with Gasteiger partial charge in [0.05, 0.1) is 0 Å². The summed E-state index contributed by atoms with van der Waals surface area (Å²) in [6.45, 7) is 0. The van der Waals surface area contributed by atoms with Gasteiger partial charge in [-0.2, -0.15) is 0 Å². The number of aliphatic hydroxyl groups excluding tert-OH is 1. The molecule has 1 atom stereocenters. The Morgan fingerprint density at radius 1 is 0.944 bits per heavy atom. The van der Waals surface area contributed by atoms with E-state index in [1.807, 2.05) is 29.6 Å². The van der Waals surface area contributed by atoms with Crippen LogP contribution in [-0.4, -0.2) is 5.11 Å². The van der Waals surface area contributed by atoms with Crippen LogP contribution in [0, 0.1) is 5.82 Å². The van der Waals surface area contributed by atoms with E-state index in [1.54, 1.807) is 18.2 Å². The lowest BCUT2D eigenvalue weighted by atomic mass is 9.99. The Kier molecular flexibility index (Phi) is 2.86. The van der Waals surface area contributed by atoms with Gasteiger partial charge in [0.2, 0.25) is 0 Å². The third-order valence-electron chi connectivity index (χ3n) is 3.01. The predicted molar refractivity (Wildman–Crippen MR) is 72.3 cm³/mol. The summed E-state index contributed by atoms with van der Waals surface area (Å²) in [6.07, 6.45) is -0.699. The van der Waals surface area contributed by atoms with Crippen LogP contribution in [0.2, 0.25) is 0 Å². The number of hydrogen-bond acceptors (Lipinski definition) is 2. The van der Waals surface area contributed by atoms with Crippen LogP contribution < -0.4 is 0 Å². The fourth-order valence-corrected chi connectivity index (χ4v) is 2.85. The zero-order valence-corrected chi connectivity index (χ0v) is 10.3. The first kappa shape index (κ1) is 11.4. The van der Waals surface area contributed by atoms with Crippen molar-refractivity contribution >= 4 is 22.1 Å². The predicted octanol–water partition coefficient (Wildman–Crippen LogP) is 4.12. The van der Waals surface area contributed by atoms with Crippen LogP contribution in [0.4, 0.5) is 4.39 Å². The molecular formula is C15H11FOS. The van der Waals surface area contributed by atoms with Gasteiger partial charge in [-0.05, 0) is 28.5 Å². The molecular weight excluding hydrogens is 247 g/mol. The summed E-state index contributed by atoms with van der Waals surface area (Å²) >= 11 is 1.49. The lowest BCUT2D eigenvalue weighted by molar-refractivity contribution is 0.225. The lowest BCUT2D eigenvalue weighted by Crippen LogP contribution is -1.99. The minimum Gasteiger partial charge on any atom is -0.383 e. The Morgan fingerprint density at radius 3 is 2.44 bits per heavy atom. The van der Waals surface area contributed by atoms with Crippen LogP contribution in [0.1, 0.15) is 16.5 Å². The first-order chi connectivity index (χ1) is 8.77. The summed E-state index contributed by atoms with van der Waals surface area (Å²) in [6, 6.07) is 14.1. The third kappa shape index (κ3) is 1.82. The minimum absolute atomic E-state index is 0.257. The maximum atomic E-state index is 13.7. The molecule has 0 bridgehead atoms. The molecule has 18 heavy (non-hydrogen) atoms. The van der Waals surface area contributed by atoms with Crippen LogP contribution in [0.3, 0.4) is 0 Å². The quantitative estimate of drug-likeness (QED) is 0.733. The first-order valence-corrected chi connectivity index (χ1v) is 6.54. The van der Waals surface area contributed by atoms with E-state index in [0.717, 1.165) is 15.8 Å². The number of aliphatic hydroxyl groups is 1. The molecule has 1 N–H and O–H groups in total. The summed E-state index contributed by atoms with van der Waals surface area (Å²) in [7, 11) is 0. The molecule has 3 aromatic rings. The molecule has 3 rings (SSSR count). The number of rotatable bonds is 2. The molecule has 1 nitrogen and oxygen atoms in total. The highest BCUT2D eigenvalue weighted by Crippen LogP contribution is 2.32. The molecule has 0 saturated heterocycles. The smallest absolute Gasteiger partial charge is 0.131 e. The van der Waals surface area contributed by atoms with Gasteiger partial charge < -0.3 is 5.11 Å². The maximum absolute atomic E-state index is 13.7. The van der Waals surface area contributed by atoms with E-state index >= 15 is 0 Å². The molecule has 0 aliphatic rings. The summed E-state index contributed by atoms with van der Waals surface area (Å²) < 4.78 is 13.7. The Morgan fingerprint density at radius 2 is 1.72 bits per heavy atom. The van der Waals surface area contributed by atoms with Crippen molar-refractivity contribution in [2.45, 2.75) is 6.10 Å². The van der Waals surface area contributed by atoms with Gasteiger partial charge in [0.25, 0.3) is 0 Å². The van der Waals surface area contributed by atoms with Crippen molar-refractivity contribution in [3.05, 3.63) is 70.2 Å². The molecule has 1 heterocycles. The topological polar surface area (TPSA) is 20.2 Å². The van der Waals surface area contributed by atoms with Gasteiger partial charge in [0.1, 0.15) is 11.9 Å². The average Bonchev–Trinajstić information content (AvgIpc) is 2.93. The van der Waals surface area contributed by atoms with Crippen LogP contribution >= 0.6 is 11.3 Å². The second-order valence-corrected chi connectivity index (χ2v) is 5.08. The molecule has 0 fully saturated rings. The van der Waals surface area contributed by atoms with Gasteiger partial charge in [-0.25, -0.2) is 4.39 Å². The molecule has 90 valence electrons. The number of halogens is 1. The van der Waals surface area contributed by atoms with E-state index in [9.17, 15) is 9.50 Å². The summed E-state index contributed by atoms with van der Waals surface area (Å²) in [4.78, 5) is 0.867. The van der Waals surface area contributed by atoms with Crippen molar-refractivity contribution in [1.29, 1.82) is 0 Å². The fraction of sp³-hybridized carbons (Fsp3) is 0.0667. The molecule has 1 unspecified atom stereocenters. The molecule has 0 saturated carbocycles. The van der Waals surface area contributed by atoms with Gasteiger partial charge in [0, 0.05) is 10.3 Å². The molecule has 0 radical (unpaired) electrons. The van der Waals surface area contributed by atoms with Crippen molar-refractivity contribution in [1.82, 2.24) is 0 Å². The Hall–Kier alpha value is -1.71. The number of benzene rings is 2. The van der Waals surface area contributed by atoms with Gasteiger partial charge in [-0.1, -0.05) is 36.4 Å². The van der Waals surface area contributed by atoms with E-state index in [1.165, 1.54) is 17.4 Å². The normalized spacial score (nSPS) is 12.8. The van der Waals surface area contributed by atoms with E-state index in [0.29, 0.717) is 5.39 Å². The molecule has 2 aromatic carbocycles. The van der Waals surface area contributed by atoms with E-state index in [4.69, 9.17) is 0 Å². The zero-order chi connectivity index (χ0) is 12.5. The SMILES string of the molecule is OC(c1cccs1)c1ccc(F)c2ccccc12. The van der Waals surface area contributed by atoms with E-state index in [2.05, 4.69) is 0 Å². The number of fused-ring (bicyclic) bond motifs is 1. The van der Waals surface area contributed by atoms with Crippen molar-refractivity contribution in [2.24, 2.45) is 0 Å². The Bertz CT molecular complexity index is 676. The zero-order valence-electron chi connectivity index (χ0n) is 9.51. The largest absolute Gasteiger partial charge is 0.383 e. The first-order valence-electron chi connectivity index (χ1n) is 5.66. The van der Waals surface area contributed by atoms with Crippen LogP contribution in [0.15, 0.2) is 53.9 Å². The van der Waals surface area contributed by atoms with Crippen molar-refractivity contribution in [3.63, 3.8) is 0 Å². The van der Waals surface area contributed by atoms with Crippen molar-refractivity contribution in [2.75, 3.05) is 0 Å². The van der Waals surface area contributed by atoms with Crippen LogP contribution in [0.25, 0.3) is 10.8 Å². The highest BCUT2D eigenvalue weighted by Gasteiger charge is 2.15. The molecule has 3 heteroatoms. The molecule has 1 aromatic heterocycles. The van der Waals surface area contributed by atoms with Gasteiger partial charge in [-0.3, -0.25) is 0 Å². The molecule has 0 amide bonds. The monoisotopic (exact) mass is 258 g/mol. The standard InChI is InChI=1S/C15H11FOS/c16-13-8-7-12(10-4-1-2-5-11(10)13)15(17)14-6-3-9-18-14/h1-9,15,17H. The number of thiophene rings is 1. The highest BCUT2D eigenvalue weighted by molar-refractivity contribution is 7.10. The molecule has 0 aliphatic heterocycles. The van der Waals surface area contributed by atoms with Crippen LogP contribution in [-0.2, 0) is 0 Å². The second kappa shape index (κ2) is 4.52. The molecule has 0 spiro atoms.